The van der Waals surface area contributed by atoms with E-state index in [2.05, 4.69) is 46.7 Å². The van der Waals surface area contributed by atoms with Crippen molar-refractivity contribution in [2.45, 2.75) is 71.8 Å². The minimum absolute atomic E-state index is 0.301. The Morgan fingerprint density at radius 1 is 1.00 bits per heavy atom. The van der Waals surface area contributed by atoms with E-state index in [1.54, 1.807) is 0 Å². The molecular weight excluding hydrogens is 282 g/mol. The first-order valence-corrected chi connectivity index (χ1v) is 9.68. The first-order valence-electron chi connectivity index (χ1n) is 9.68. The summed E-state index contributed by atoms with van der Waals surface area (Å²) in [6, 6.07) is 0. The molecule has 4 N–H and O–H groups in total. The lowest BCUT2D eigenvalue weighted by Crippen LogP contribution is -2.59. The summed E-state index contributed by atoms with van der Waals surface area (Å²) in [5.74, 6) is 2.60. The van der Waals surface area contributed by atoms with Crippen LogP contribution < -0.4 is 11.5 Å². The van der Waals surface area contributed by atoms with E-state index < -0.39 is 0 Å². The Kier molecular flexibility index (Phi) is 5.55. The maximum atomic E-state index is 5.88. The molecule has 3 aliphatic carbocycles. The Morgan fingerprint density at radius 2 is 1.65 bits per heavy atom. The van der Waals surface area contributed by atoms with Crippen LogP contribution >= 0.6 is 0 Å². The smallest absolute Gasteiger partial charge is 0.0229 e. The minimum atomic E-state index is 0.301. The molecule has 0 amide bonds. The standard InChI is InChI=1S/C12H26N2.C8H15N/c1-11(2)10(9-13)7-6-8-12(11,3)14(4)5;1-8-3-6(5-9)2-7(8)4-8/h10H,6-9,13H2,1-5H3;6-7H,2-5,9H2,1H3. The molecule has 5 atom stereocenters. The minimum Gasteiger partial charge on any atom is -0.330 e. The van der Waals surface area contributed by atoms with E-state index in [1.165, 1.54) is 38.5 Å². The van der Waals surface area contributed by atoms with Crippen molar-refractivity contribution in [1.29, 1.82) is 0 Å². The van der Waals surface area contributed by atoms with Gasteiger partial charge < -0.3 is 16.4 Å². The summed E-state index contributed by atoms with van der Waals surface area (Å²) in [7, 11) is 4.39. The summed E-state index contributed by atoms with van der Waals surface area (Å²) in [6.45, 7) is 11.3. The van der Waals surface area contributed by atoms with Gasteiger partial charge in [-0.05, 0) is 94.8 Å². The zero-order valence-corrected chi connectivity index (χ0v) is 16.5. The lowest BCUT2D eigenvalue weighted by Gasteiger charge is -2.56. The van der Waals surface area contributed by atoms with Gasteiger partial charge in [0.15, 0.2) is 0 Å². The van der Waals surface area contributed by atoms with Gasteiger partial charge in [-0.25, -0.2) is 0 Å². The number of rotatable bonds is 3. The highest BCUT2D eigenvalue weighted by Gasteiger charge is 2.55. The van der Waals surface area contributed by atoms with E-state index in [0.717, 1.165) is 30.3 Å². The van der Waals surface area contributed by atoms with E-state index in [9.17, 15) is 0 Å². The molecule has 3 nitrogen and oxygen atoms in total. The molecule has 0 spiro atoms. The molecule has 3 rings (SSSR count). The Morgan fingerprint density at radius 3 is 2.04 bits per heavy atom. The van der Waals surface area contributed by atoms with Gasteiger partial charge in [0.1, 0.15) is 0 Å². The van der Waals surface area contributed by atoms with Crippen molar-refractivity contribution in [3.05, 3.63) is 0 Å². The van der Waals surface area contributed by atoms with E-state index in [-0.39, 0.29) is 0 Å². The number of nitrogens with two attached hydrogens (primary N) is 2. The second kappa shape index (κ2) is 6.65. The van der Waals surface area contributed by atoms with Crippen molar-refractivity contribution < 1.29 is 0 Å². The van der Waals surface area contributed by atoms with Gasteiger partial charge in [0, 0.05) is 5.54 Å². The van der Waals surface area contributed by atoms with Crippen LogP contribution in [0.2, 0.25) is 0 Å². The molecule has 0 heterocycles. The van der Waals surface area contributed by atoms with Crippen molar-refractivity contribution in [3.8, 4) is 0 Å². The second-order valence-electron chi connectivity index (χ2n) is 9.81. The van der Waals surface area contributed by atoms with Crippen molar-refractivity contribution in [3.63, 3.8) is 0 Å². The highest BCUT2D eigenvalue weighted by Crippen LogP contribution is 2.64. The summed E-state index contributed by atoms with van der Waals surface area (Å²) in [4.78, 5) is 2.38. The van der Waals surface area contributed by atoms with Crippen LogP contribution in [0.5, 0.6) is 0 Å². The lowest BCUT2D eigenvalue weighted by molar-refractivity contribution is -0.0455. The van der Waals surface area contributed by atoms with Crippen LogP contribution in [-0.4, -0.2) is 37.6 Å². The van der Waals surface area contributed by atoms with Gasteiger partial charge in [-0.15, -0.1) is 0 Å². The van der Waals surface area contributed by atoms with Crippen LogP contribution in [-0.2, 0) is 0 Å². The van der Waals surface area contributed by atoms with Crippen LogP contribution in [0, 0.1) is 28.6 Å². The summed E-state index contributed by atoms with van der Waals surface area (Å²) in [6.07, 6.45) is 8.24. The molecule has 0 aromatic heterocycles. The summed E-state index contributed by atoms with van der Waals surface area (Å²) < 4.78 is 0. The molecule has 0 aromatic rings. The zero-order chi connectivity index (χ0) is 17.5. The largest absolute Gasteiger partial charge is 0.330 e. The monoisotopic (exact) mass is 323 g/mol. The van der Waals surface area contributed by atoms with E-state index in [0.29, 0.717) is 16.9 Å². The molecule has 3 saturated carbocycles. The van der Waals surface area contributed by atoms with Crippen LogP contribution in [0.15, 0.2) is 0 Å². The van der Waals surface area contributed by atoms with E-state index in [1.807, 2.05) is 0 Å². The molecule has 5 unspecified atom stereocenters. The van der Waals surface area contributed by atoms with Crippen molar-refractivity contribution in [2.75, 3.05) is 27.2 Å². The molecule has 3 fully saturated rings. The third kappa shape index (κ3) is 3.48. The average molecular weight is 324 g/mol. The number of nitrogens with zero attached hydrogens (tertiary/aromatic N) is 1. The Balaban J connectivity index is 0.000000182. The normalized spacial score (nSPS) is 44.5. The fourth-order valence-corrected chi connectivity index (χ4v) is 5.47. The number of hydrogen-bond donors (Lipinski definition) is 2. The van der Waals surface area contributed by atoms with Crippen LogP contribution in [0.1, 0.15) is 66.2 Å². The van der Waals surface area contributed by atoms with Crippen LogP contribution in [0.25, 0.3) is 0 Å². The second-order valence-corrected chi connectivity index (χ2v) is 9.81. The highest BCUT2D eigenvalue weighted by atomic mass is 15.2. The van der Waals surface area contributed by atoms with Crippen molar-refractivity contribution in [2.24, 2.45) is 40.1 Å². The highest BCUT2D eigenvalue weighted by molar-refractivity contribution is 5.06. The van der Waals surface area contributed by atoms with E-state index in [4.69, 9.17) is 11.5 Å². The Hall–Kier alpha value is -0.120. The molecule has 23 heavy (non-hydrogen) atoms. The van der Waals surface area contributed by atoms with Gasteiger partial charge >= 0.3 is 0 Å². The number of fused-ring (bicyclic) bond motifs is 1. The van der Waals surface area contributed by atoms with Crippen molar-refractivity contribution in [1.82, 2.24) is 4.90 Å². The third-order valence-electron chi connectivity index (χ3n) is 8.14. The molecule has 136 valence electrons. The van der Waals surface area contributed by atoms with Gasteiger partial charge in [-0.3, -0.25) is 0 Å². The SMILES string of the molecule is CC12CC(CN)CC1C2.CN(C)C1(C)CCCC(CN)C1(C)C. The van der Waals surface area contributed by atoms with Crippen molar-refractivity contribution >= 4 is 0 Å². The van der Waals surface area contributed by atoms with Gasteiger partial charge in [0.25, 0.3) is 0 Å². The van der Waals surface area contributed by atoms with Crippen LogP contribution in [0.3, 0.4) is 0 Å². The maximum absolute atomic E-state index is 5.88. The molecular formula is C20H41N3. The molecule has 3 aliphatic rings. The molecule has 3 heteroatoms. The van der Waals surface area contributed by atoms with E-state index >= 15 is 0 Å². The average Bonchev–Trinajstić information content (AvgIpc) is 3.00. The van der Waals surface area contributed by atoms with Gasteiger partial charge in [0.2, 0.25) is 0 Å². The number of hydrogen-bond acceptors (Lipinski definition) is 3. The van der Waals surface area contributed by atoms with Crippen LogP contribution in [0.4, 0.5) is 0 Å². The first kappa shape index (κ1) is 19.2. The molecule has 0 bridgehead atoms. The Labute approximate surface area is 144 Å². The predicted molar refractivity (Wildman–Crippen MR) is 100 cm³/mol. The maximum Gasteiger partial charge on any atom is 0.0229 e. The Bertz CT molecular complexity index is 406. The summed E-state index contributed by atoms with van der Waals surface area (Å²) in [5.41, 5.74) is 12.8. The fraction of sp³-hybridized carbons (Fsp3) is 1.00. The molecule has 0 aliphatic heterocycles. The summed E-state index contributed by atoms with van der Waals surface area (Å²) in [5, 5.41) is 0. The summed E-state index contributed by atoms with van der Waals surface area (Å²) >= 11 is 0. The molecule has 0 saturated heterocycles. The lowest BCUT2D eigenvalue weighted by atomic mass is 9.58. The fourth-order valence-electron chi connectivity index (χ4n) is 5.47. The zero-order valence-electron chi connectivity index (χ0n) is 16.5. The molecule has 0 radical (unpaired) electrons. The first-order chi connectivity index (χ1) is 10.6. The van der Waals surface area contributed by atoms with Gasteiger partial charge in [-0.1, -0.05) is 27.2 Å². The molecule has 0 aromatic carbocycles. The predicted octanol–water partition coefficient (Wildman–Crippen LogP) is 3.47. The van der Waals surface area contributed by atoms with Gasteiger partial charge in [0.05, 0.1) is 0 Å². The topological polar surface area (TPSA) is 55.3 Å². The quantitative estimate of drug-likeness (QED) is 0.836. The third-order valence-corrected chi connectivity index (χ3v) is 8.14. The van der Waals surface area contributed by atoms with Gasteiger partial charge in [-0.2, -0.15) is 0 Å².